The van der Waals surface area contributed by atoms with Gasteiger partial charge in [-0.1, -0.05) is 12.1 Å². The molecule has 0 aliphatic heterocycles. The Bertz CT molecular complexity index is 558. The molecule has 1 N–H and O–H groups in total. The number of rotatable bonds is 2. The van der Waals surface area contributed by atoms with E-state index in [9.17, 15) is 9.90 Å². The van der Waals surface area contributed by atoms with Crippen molar-refractivity contribution >= 4 is 5.97 Å². The molecule has 0 saturated carbocycles. The van der Waals surface area contributed by atoms with Gasteiger partial charge in [-0.05, 0) is 24.3 Å². The lowest BCUT2D eigenvalue weighted by atomic mass is 10.1. The minimum absolute atomic E-state index is 0.185. The van der Waals surface area contributed by atoms with Crippen LogP contribution in [-0.2, 0) is 11.8 Å². The largest absolute Gasteiger partial charge is 0.507 e. The van der Waals surface area contributed by atoms with Gasteiger partial charge in [0.05, 0.1) is 12.8 Å². The van der Waals surface area contributed by atoms with Crippen molar-refractivity contribution in [1.82, 2.24) is 4.57 Å². The van der Waals surface area contributed by atoms with E-state index in [1.165, 1.54) is 7.11 Å². The van der Waals surface area contributed by atoms with Crippen molar-refractivity contribution < 1.29 is 14.6 Å². The molecule has 0 aliphatic rings. The van der Waals surface area contributed by atoms with Crippen molar-refractivity contribution in [2.45, 2.75) is 0 Å². The standard InChI is InChI=1S/C13H13NO3/c1-14-10(7-8-11(14)13(16)17-2)9-5-3-4-6-12(9)15/h3-8,15H,1-2H3. The topological polar surface area (TPSA) is 51.5 Å². The van der Waals surface area contributed by atoms with E-state index < -0.39 is 5.97 Å². The molecular weight excluding hydrogens is 218 g/mol. The molecule has 0 radical (unpaired) electrons. The van der Waals surface area contributed by atoms with Crippen LogP contribution >= 0.6 is 0 Å². The van der Waals surface area contributed by atoms with Crippen LogP contribution in [0.3, 0.4) is 0 Å². The van der Waals surface area contributed by atoms with Gasteiger partial charge in [-0.3, -0.25) is 0 Å². The normalized spacial score (nSPS) is 10.2. The summed E-state index contributed by atoms with van der Waals surface area (Å²) in [5.74, 6) is -0.209. The van der Waals surface area contributed by atoms with Crippen molar-refractivity contribution in [3.63, 3.8) is 0 Å². The summed E-state index contributed by atoms with van der Waals surface area (Å²) in [7, 11) is 3.10. The van der Waals surface area contributed by atoms with Gasteiger partial charge in [-0.25, -0.2) is 4.79 Å². The summed E-state index contributed by atoms with van der Waals surface area (Å²) >= 11 is 0. The summed E-state index contributed by atoms with van der Waals surface area (Å²) in [6, 6.07) is 10.4. The lowest BCUT2D eigenvalue weighted by Crippen LogP contribution is -2.08. The van der Waals surface area contributed by atoms with Crippen molar-refractivity contribution in [2.24, 2.45) is 7.05 Å². The minimum Gasteiger partial charge on any atom is -0.507 e. The first-order valence-electron chi connectivity index (χ1n) is 5.17. The average molecular weight is 231 g/mol. The van der Waals surface area contributed by atoms with Gasteiger partial charge < -0.3 is 14.4 Å². The molecule has 0 saturated heterocycles. The third kappa shape index (κ3) is 1.89. The summed E-state index contributed by atoms with van der Waals surface area (Å²) < 4.78 is 6.37. The van der Waals surface area contributed by atoms with Gasteiger partial charge in [-0.15, -0.1) is 0 Å². The zero-order chi connectivity index (χ0) is 12.4. The maximum atomic E-state index is 11.5. The van der Waals surface area contributed by atoms with Gasteiger partial charge in [0.2, 0.25) is 0 Å². The van der Waals surface area contributed by atoms with E-state index >= 15 is 0 Å². The number of hydrogen-bond acceptors (Lipinski definition) is 3. The molecule has 17 heavy (non-hydrogen) atoms. The summed E-state index contributed by atoms with van der Waals surface area (Å²) in [6.45, 7) is 0. The molecule has 4 nitrogen and oxygen atoms in total. The number of phenols is 1. The van der Waals surface area contributed by atoms with Gasteiger partial charge in [0.1, 0.15) is 11.4 Å². The predicted octanol–water partition coefficient (Wildman–Crippen LogP) is 2.18. The van der Waals surface area contributed by atoms with E-state index in [-0.39, 0.29) is 5.75 Å². The molecule has 0 bridgehead atoms. The number of aromatic hydroxyl groups is 1. The van der Waals surface area contributed by atoms with E-state index in [1.807, 2.05) is 6.07 Å². The predicted molar refractivity (Wildman–Crippen MR) is 63.9 cm³/mol. The number of ether oxygens (including phenoxy) is 1. The molecule has 2 rings (SSSR count). The number of phenolic OH excluding ortho intramolecular Hbond substituents is 1. The van der Waals surface area contributed by atoms with E-state index in [0.717, 1.165) is 5.69 Å². The second-order valence-corrected chi connectivity index (χ2v) is 3.67. The molecule has 1 aromatic carbocycles. The Balaban J connectivity index is 2.52. The molecular formula is C13H13NO3. The van der Waals surface area contributed by atoms with Crippen molar-refractivity contribution in [1.29, 1.82) is 0 Å². The van der Waals surface area contributed by atoms with Gasteiger partial charge in [0.15, 0.2) is 0 Å². The molecule has 4 heteroatoms. The fraction of sp³-hybridized carbons (Fsp3) is 0.154. The Hall–Kier alpha value is -2.23. The third-order valence-corrected chi connectivity index (χ3v) is 2.70. The molecule has 0 fully saturated rings. The van der Waals surface area contributed by atoms with E-state index in [1.54, 1.807) is 41.9 Å². The smallest absolute Gasteiger partial charge is 0.354 e. The Labute approximate surface area is 99.1 Å². The highest BCUT2D eigenvalue weighted by Crippen LogP contribution is 2.29. The third-order valence-electron chi connectivity index (χ3n) is 2.70. The van der Waals surface area contributed by atoms with Crippen molar-refractivity contribution in [3.05, 3.63) is 42.1 Å². The van der Waals surface area contributed by atoms with Crippen LogP contribution in [0.1, 0.15) is 10.5 Å². The molecule has 1 aromatic heterocycles. The number of benzene rings is 1. The quantitative estimate of drug-likeness (QED) is 0.806. The van der Waals surface area contributed by atoms with Crippen LogP contribution < -0.4 is 0 Å². The fourth-order valence-electron chi connectivity index (χ4n) is 1.78. The number of esters is 1. The molecule has 0 spiro atoms. The molecule has 88 valence electrons. The highest BCUT2D eigenvalue weighted by molar-refractivity contribution is 5.89. The molecule has 1 heterocycles. The van der Waals surface area contributed by atoms with E-state index in [0.29, 0.717) is 11.3 Å². The first-order valence-corrected chi connectivity index (χ1v) is 5.17. The lowest BCUT2D eigenvalue weighted by Gasteiger charge is -2.07. The zero-order valence-electron chi connectivity index (χ0n) is 9.68. The Morgan fingerprint density at radius 2 is 1.94 bits per heavy atom. The molecule has 0 amide bonds. The number of hydrogen-bond donors (Lipinski definition) is 1. The van der Waals surface area contributed by atoms with Gasteiger partial charge in [-0.2, -0.15) is 0 Å². The van der Waals surface area contributed by atoms with Crippen LogP contribution in [0.15, 0.2) is 36.4 Å². The second kappa shape index (κ2) is 4.33. The lowest BCUT2D eigenvalue weighted by molar-refractivity contribution is 0.0590. The second-order valence-electron chi connectivity index (χ2n) is 3.67. The SMILES string of the molecule is COC(=O)c1ccc(-c2ccccc2O)n1C. The Morgan fingerprint density at radius 1 is 1.24 bits per heavy atom. The number of aromatic nitrogens is 1. The Kier molecular flexibility index (Phi) is 2.87. The van der Waals surface area contributed by atoms with Crippen LogP contribution in [0.2, 0.25) is 0 Å². The highest BCUT2D eigenvalue weighted by atomic mass is 16.5. The maximum Gasteiger partial charge on any atom is 0.354 e. The highest BCUT2D eigenvalue weighted by Gasteiger charge is 2.15. The number of methoxy groups -OCH3 is 1. The monoisotopic (exact) mass is 231 g/mol. The number of nitrogens with zero attached hydrogens (tertiary/aromatic N) is 1. The van der Waals surface area contributed by atoms with Crippen LogP contribution in [0.5, 0.6) is 5.75 Å². The van der Waals surface area contributed by atoms with Gasteiger partial charge in [0.25, 0.3) is 0 Å². The molecule has 0 aliphatic carbocycles. The van der Waals surface area contributed by atoms with Crippen LogP contribution in [0.25, 0.3) is 11.3 Å². The van der Waals surface area contributed by atoms with Crippen molar-refractivity contribution in [3.8, 4) is 17.0 Å². The zero-order valence-corrected chi connectivity index (χ0v) is 9.68. The summed E-state index contributed by atoms with van der Waals surface area (Å²) in [5.41, 5.74) is 1.90. The summed E-state index contributed by atoms with van der Waals surface area (Å²) in [5, 5.41) is 9.76. The minimum atomic E-state index is -0.394. The first-order chi connectivity index (χ1) is 8.15. The van der Waals surface area contributed by atoms with Crippen LogP contribution in [-0.4, -0.2) is 22.8 Å². The molecule has 0 unspecified atom stereocenters. The number of carbonyl (C=O) groups excluding carboxylic acids is 1. The number of carbonyl (C=O) groups is 1. The van der Waals surface area contributed by atoms with Gasteiger partial charge in [0, 0.05) is 12.6 Å². The molecule has 0 atom stereocenters. The van der Waals surface area contributed by atoms with Crippen LogP contribution in [0, 0.1) is 0 Å². The summed E-state index contributed by atoms with van der Waals surface area (Å²) in [6.07, 6.45) is 0. The average Bonchev–Trinajstić information content (AvgIpc) is 2.71. The first kappa shape index (κ1) is 11.3. The summed E-state index contributed by atoms with van der Waals surface area (Å²) in [4.78, 5) is 11.5. The maximum absolute atomic E-state index is 11.5. The van der Waals surface area contributed by atoms with E-state index in [2.05, 4.69) is 4.74 Å². The van der Waals surface area contributed by atoms with Crippen molar-refractivity contribution in [2.75, 3.05) is 7.11 Å². The molecule has 2 aromatic rings. The number of para-hydroxylation sites is 1. The van der Waals surface area contributed by atoms with Crippen LogP contribution in [0.4, 0.5) is 0 Å². The Morgan fingerprint density at radius 3 is 2.59 bits per heavy atom. The van der Waals surface area contributed by atoms with E-state index in [4.69, 9.17) is 0 Å². The fourth-order valence-corrected chi connectivity index (χ4v) is 1.78. The van der Waals surface area contributed by atoms with Gasteiger partial charge >= 0.3 is 5.97 Å².